The minimum atomic E-state index is -0.770. The molecule has 1 aromatic carbocycles. The van der Waals surface area contributed by atoms with Gasteiger partial charge in [-0.25, -0.2) is 9.78 Å². The average Bonchev–Trinajstić information content (AvgIpc) is 3.56. The lowest BCUT2D eigenvalue weighted by Gasteiger charge is -2.29. The van der Waals surface area contributed by atoms with Crippen LogP contribution in [0.3, 0.4) is 0 Å². The fraction of sp³-hybridized carbons (Fsp3) is 0.259. The fourth-order valence-corrected chi connectivity index (χ4v) is 4.22. The van der Waals surface area contributed by atoms with E-state index in [0.717, 1.165) is 17.7 Å². The second-order valence-electron chi connectivity index (χ2n) is 8.22. The Morgan fingerprint density at radius 1 is 1.17 bits per heavy atom. The molecule has 35 heavy (non-hydrogen) atoms. The van der Waals surface area contributed by atoms with Crippen LogP contribution in [0.1, 0.15) is 36.7 Å². The zero-order valence-corrected chi connectivity index (χ0v) is 19.9. The number of carbonyl (C=O) groups excluding carboxylic acids is 2. The molecule has 0 radical (unpaired) electrons. The van der Waals surface area contributed by atoms with Gasteiger partial charge in [0.05, 0.1) is 31.2 Å². The number of benzene rings is 1. The summed E-state index contributed by atoms with van der Waals surface area (Å²) in [6.07, 6.45) is 10.6. The van der Waals surface area contributed by atoms with Crippen LogP contribution < -0.4 is 0 Å². The van der Waals surface area contributed by atoms with Crippen LogP contribution in [0.2, 0.25) is 0 Å². The first-order valence-corrected chi connectivity index (χ1v) is 11.2. The molecule has 1 aliphatic rings. The van der Waals surface area contributed by atoms with Gasteiger partial charge in [0, 0.05) is 30.3 Å². The van der Waals surface area contributed by atoms with Crippen LogP contribution in [-0.2, 0) is 25.6 Å². The summed E-state index contributed by atoms with van der Waals surface area (Å²) >= 11 is 0. The van der Waals surface area contributed by atoms with Gasteiger partial charge >= 0.3 is 11.9 Å². The quantitative estimate of drug-likeness (QED) is 0.450. The Kier molecular flexibility index (Phi) is 7.40. The number of methoxy groups -OCH3 is 1. The molecule has 4 rings (SSSR count). The third-order valence-corrected chi connectivity index (χ3v) is 5.88. The van der Waals surface area contributed by atoms with E-state index in [1.807, 2.05) is 41.1 Å². The van der Waals surface area contributed by atoms with Gasteiger partial charge in [0.15, 0.2) is 0 Å². The highest BCUT2D eigenvalue weighted by Crippen LogP contribution is 2.40. The van der Waals surface area contributed by atoms with E-state index in [4.69, 9.17) is 13.9 Å². The Balaban J connectivity index is 1.43. The Labute approximate surface area is 203 Å². The van der Waals surface area contributed by atoms with Gasteiger partial charge in [0.1, 0.15) is 18.3 Å². The van der Waals surface area contributed by atoms with Crippen molar-refractivity contribution in [3.63, 3.8) is 0 Å². The van der Waals surface area contributed by atoms with Crippen LogP contribution in [0, 0.1) is 5.92 Å². The summed E-state index contributed by atoms with van der Waals surface area (Å²) < 4.78 is 18.1. The number of hydrogen-bond acceptors (Lipinski definition) is 7. The molecule has 180 valence electrons. The van der Waals surface area contributed by atoms with E-state index in [0.29, 0.717) is 22.7 Å². The Bertz CT molecular complexity index is 1250. The van der Waals surface area contributed by atoms with Gasteiger partial charge in [-0.2, -0.15) is 0 Å². The van der Waals surface area contributed by atoms with Crippen molar-refractivity contribution in [3.05, 3.63) is 95.6 Å². The van der Waals surface area contributed by atoms with Crippen LogP contribution in [0.25, 0.3) is 6.08 Å². The number of allylic oxidation sites excluding steroid dienone is 1. The number of carbonyl (C=O) groups is 2. The van der Waals surface area contributed by atoms with Gasteiger partial charge in [-0.15, -0.1) is 0 Å². The molecule has 3 aromatic rings. The number of imidazole rings is 1. The predicted molar refractivity (Wildman–Crippen MR) is 131 cm³/mol. The summed E-state index contributed by atoms with van der Waals surface area (Å²) in [6, 6.07) is 11.5. The highest BCUT2D eigenvalue weighted by molar-refractivity contribution is 6.06. The maximum absolute atomic E-state index is 13.1. The van der Waals surface area contributed by atoms with Crippen molar-refractivity contribution < 1.29 is 23.5 Å². The number of furan rings is 1. The normalized spacial score (nSPS) is 18.0. The molecule has 0 aliphatic carbocycles. The molecule has 2 aromatic heterocycles. The van der Waals surface area contributed by atoms with Crippen molar-refractivity contribution in [1.82, 2.24) is 9.55 Å². The van der Waals surface area contributed by atoms with Crippen molar-refractivity contribution in [2.75, 3.05) is 13.7 Å². The molecule has 0 N–H and O–H groups in total. The van der Waals surface area contributed by atoms with Crippen LogP contribution in [-0.4, -0.2) is 40.9 Å². The number of nitrogens with zero attached hydrogens (tertiary/aromatic N) is 3. The molecule has 2 atom stereocenters. The highest BCUT2D eigenvalue weighted by atomic mass is 16.5. The second-order valence-corrected chi connectivity index (χ2v) is 8.22. The lowest BCUT2D eigenvalue weighted by Crippen LogP contribution is -2.36. The van der Waals surface area contributed by atoms with Crippen molar-refractivity contribution in [2.24, 2.45) is 10.9 Å². The first kappa shape index (κ1) is 23.9. The molecule has 8 heteroatoms. The van der Waals surface area contributed by atoms with Gasteiger partial charge in [-0.05, 0) is 43.2 Å². The number of rotatable bonds is 8. The number of hydrogen-bond donors (Lipinski definition) is 0. The molecular formula is C27H27N3O5. The lowest BCUT2D eigenvalue weighted by atomic mass is 9.78. The molecule has 2 unspecified atom stereocenters. The van der Waals surface area contributed by atoms with Gasteiger partial charge in [0.2, 0.25) is 0 Å². The third-order valence-electron chi connectivity index (χ3n) is 5.88. The standard InChI is InChI=1S/C27H27N3O5/c1-18-23(26(31)33-3)25(22-7-5-14-34-22)24(19(2)29-18)27(32)35-15-4-6-20-8-10-21(11-9-20)16-30-13-12-28-17-30/h4-14,17,23,25H,15-16H2,1-3H3. The number of aliphatic imine (C=N–C) groups is 1. The molecule has 0 amide bonds. The van der Waals surface area contributed by atoms with E-state index < -0.39 is 23.8 Å². The van der Waals surface area contributed by atoms with Crippen molar-refractivity contribution in [3.8, 4) is 0 Å². The smallest absolute Gasteiger partial charge is 0.336 e. The topological polar surface area (TPSA) is 95.9 Å². The predicted octanol–water partition coefficient (Wildman–Crippen LogP) is 4.40. The summed E-state index contributed by atoms with van der Waals surface area (Å²) in [5, 5.41) is 0. The summed E-state index contributed by atoms with van der Waals surface area (Å²) in [7, 11) is 1.31. The minimum Gasteiger partial charge on any atom is -0.469 e. The summed E-state index contributed by atoms with van der Waals surface area (Å²) in [5.74, 6) is -1.99. The molecule has 0 spiro atoms. The largest absolute Gasteiger partial charge is 0.469 e. The second kappa shape index (κ2) is 10.8. The first-order valence-electron chi connectivity index (χ1n) is 11.2. The summed E-state index contributed by atoms with van der Waals surface area (Å²) in [4.78, 5) is 34.1. The zero-order valence-electron chi connectivity index (χ0n) is 19.9. The van der Waals surface area contributed by atoms with Crippen molar-refractivity contribution in [2.45, 2.75) is 26.3 Å². The summed E-state index contributed by atoms with van der Waals surface area (Å²) in [5.41, 5.74) is 3.49. The Morgan fingerprint density at radius 2 is 1.97 bits per heavy atom. The van der Waals surface area contributed by atoms with Crippen molar-refractivity contribution >= 4 is 23.7 Å². The maximum atomic E-state index is 13.1. The molecule has 0 fully saturated rings. The highest BCUT2D eigenvalue weighted by Gasteiger charge is 2.43. The van der Waals surface area contributed by atoms with Crippen LogP contribution in [0.5, 0.6) is 0 Å². The van der Waals surface area contributed by atoms with E-state index in [-0.39, 0.29) is 6.61 Å². The van der Waals surface area contributed by atoms with Gasteiger partial charge in [-0.3, -0.25) is 9.79 Å². The first-order chi connectivity index (χ1) is 17.0. The van der Waals surface area contributed by atoms with E-state index in [9.17, 15) is 9.59 Å². The van der Waals surface area contributed by atoms with E-state index >= 15 is 0 Å². The lowest BCUT2D eigenvalue weighted by molar-refractivity contribution is -0.144. The molecule has 8 nitrogen and oxygen atoms in total. The third kappa shape index (κ3) is 5.48. The molecule has 3 heterocycles. The van der Waals surface area contributed by atoms with E-state index in [1.165, 1.54) is 13.4 Å². The van der Waals surface area contributed by atoms with Crippen LogP contribution in [0.4, 0.5) is 0 Å². The Hall–Kier alpha value is -4.20. The zero-order chi connectivity index (χ0) is 24.8. The van der Waals surface area contributed by atoms with Crippen molar-refractivity contribution in [1.29, 1.82) is 0 Å². The fourth-order valence-electron chi connectivity index (χ4n) is 4.22. The van der Waals surface area contributed by atoms with Crippen LogP contribution in [0.15, 0.2) is 88.1 Å². The van der Waals surface area contributed by atoms with Crippen LogP contribution >= 0.6 is 0 Å². The number of ether oxygens (including phenoxy) is 2. The van der Waals surface area contributed by atoms with Gasteiger partial charge < -0.3 is 18.5 Å². The van der Waals surface area contributed by atoms with Gasteiger partial charge in [-0.1, -0.05) is 30.3 Å². The number of aromatic nitrogens is 2. The maximum Gasteiger partial charge on any atom is 0.336 e. The van der Waals surface area contributed by atoms with Gasteiger partial charge in [0.25, 0.3) is 0 Å². The minimum absolute atomic E-state index is 0.0723. The van der Waals surface area contributed by atoms with E-state index in [1.54, 1.807) is 44.6 Å². The molecular weight excluding hydrogens is 446 g/mol. The summed E-state index contributed by atoms with van der Waals surface area (Å²) in [6.45, 7) is 4.29. The SMILES string of the molecule is COC(=O)C1C(C)=NC(C)=C(C(=O)OCC=Cc2ccc(Cn3ccnc3)cc2)C1c1ccco1. The number of esters is 2. The van der Waals surface area contributed by atoms with E-state index in [2.05, 4.69) is 9.98 Å². The monoisotopic (exact) mass is 473 g/mol. The molecule has 0 bridgehead atoms. The molecule has 0 saturated heterocycles. The molecule has 1 aliphatic heterocycles. The Morgan fingerprint density at radius 3 is 2.63 bits per heavy atom. The average molecular weight is 474 g/mol. The molecule has 0 saturated carbocycles.